The van der Waals surface area contributed by atoms with Gasteiger partial charge in [-0.3, -0.25) is 9.59 Å². The molecular weight excluding hydrogens is 374 g/mol. The zero-order valence-corrected chi connectivity index (χ0v) is 16.7. The van der Waals surface area contributed by atoms with Crippen LogP contribution in [0, 0.1) is 5.92 Å². The molecule has 2 bridgehead atoms. The minimum atomic E-state index is -1.07. The maximum absolute atomic E-state index is 14.1. The molecule has 7 rings (SSSR count). The summed E-state index contributed by atoms with van der Waals surface area (Å²) >= 11 is 0. The number of morpholine rings is 1. The van der Waals surface area contributed by atoms with E-state index in [2.05, 4.69) is 0 Å². The molecule has 2 amide bonds. The summed E-state index contributed by atoms with van der Waals surface area (Å²) in [5, 5.41) is 1.92. The Morgan fingerprint density at radius 3 is 2.43 bits per heavy atom. The first-order valence-corrected chi connectivity index (χ1v) is 10.8. The maximum atomic E-state index is 14.1. The Kier molecular flexibility index (Phi) is 3.72. The molecule has 1 saturated carbocycles. The van der Waals surface area contributed by atoms with Crippen molar-refractivity contribution in [2.75, 3.05) is 4.90 Å². The van der Waals surface area contributed by atoms with Gasteiger partial charge in [-0.15, -0.1) is 0 Å². The van der Waals surface area contributed by atoms with Crippen LogP contribution in [0.3, 0.4) is 0 Å². The highest BCUT2D eigenvalue weighted by atomic mass is 16.6. The van der Waals surface area contributed by atoms with Gasteiger partial charge in [0.25, 0.3) is 11.8 Å². The Bertz CT molecular complexity index is 1170. The molecule has 1 spiro atoms. The van der Waals surface area contributed by atoms with E-state index in [-0.39, 0.29) is 17.7 Å². The molecule has 4 aliphatic rings. The molecule has 3 saturated heterocycles. The molecule has 150 valence electrons. The number of nitrogens with zero attached hydrogens (tertiary/aromatic N) is 1. The quantitative estimate of drug-likeness (QED) is 0.575. The summed E-state index contributed by atoms with van der Waals surface area (Å²) in [5.74, 6) is -0.529. The summed E-state index contributed by atoms with van der Waals surface area (Å²) < 4.78 is 6.47. The number of benzene rings is 3. The second-order valence-corrected chi connectivity index (χ2v) is 8.69. The van der Waals surface area contributed by atoms with E-state index >= 15 is 0 Å². The number of ether oxygens (including phenoxy) is 1. The lowest BCUT2D eigenvalue weighted by Crippen LogP contribution is -2.82. The van der Waals surface area contributed by atoms with Crippen LogP contribution in [0.1, 0.15) is 37.7 Å². The molecule has 4 fully saturated rings. The molecule has 0 aromatic heterocycles. The van der Waals surface area contributed by atoms with Crippen molar-refractivity contribution in [3.63, 3.8) is 0 Å². The summed E-state index contributed by atoms with van der Waals surface area (Å²) in [4.78, 5) is 29.4. The average Bonchev–Trinajstić information content (AvgIpc) is 2.95. The Morgan fingerprint density at radius 2 is 1.57 bits per heavy atom. The summed E-state index contributed by atoms with van der Waals surface area (Å²) in [5.41, 5.74) is -0.447. The molecule has 3 heterocycles. The van der Waals surface area contributed by atoms with Crippen molar-refractivity contribution in [3.05, 3.63) is 78.4 Å². The van der Waals surface area contributed by atoms with Crippen molar-refractivity contribution in [1.82, 2.24) is 0 Å². The number of imide groups is 1. The topological polar surface area (TPSA) is 46.6 Å². The van der Waals surface area contributed by atoms with E-state index < -0.39 is 11.2 Å². The third-order valence-electron chi connectivity index (χ3n) is 7.23. The van der Waals surface area contributed by atoms with E-state index in [1.54, 1.807) is 0 Å². The lowest BCUT2D eigenvalue weighted by Gasteiger charge is -2.65. The largest absolute Gasteiger partial charge is 0.343 e. The standard InChI is InChI=1S/C26H23NO3/c28-23-25-17-8-2-5-16-22(25)26(30-25,19-12-3-1-4-13-19)24(29)27(23)21-15-9-11-18-10-6-7-14-20(18)21/h1,3-4,6-7,9-15,22H,2,5,8,16-17H2/t22-,25+,26-/m0/s1. The van der Waals surface area contributed by atoms with Gasteiger partial charge in [0.05, 0.1) is 5.69 Å². The maximum Gasteiger partial charge on any atom is 0.271 e. The zero-order chi connectivity index (χ0) is 20.3. The normalized spacial score (nSPS) is 30.5. The molecule has 4 nitrogen and oxygen atoms in total. The molecule has 0 N–H and O–H groups in total. The van der Waals surface area contributed by atoms with Gasteiger partial charge in [0.15, 0.2) is 11.2 Å². The van der Waals surface area contributed by atoms with Crippen LogP contribution in [0.4, 0.5) is 5.69 Å². The van der Waals surface area contributed by atoms with Gasteiger partial charge in [-0.25, -0.2) is 4.90 Å². The first kappa shape index (κ1) is 17.8. The van der Waals surface area contributed by atoms with Crippen LogP contribution >= 0.6 is 0 Å². The Balaban J connectivity index is 1.58. The molecule has 3 aliphatic heterocycles. The predicted octanol–water partition coefficient (Wildman–Crippen LogP) is 4.96. The fraction of sp³-hybridized carbons (Fsp3) is 0.308. The second-order valence-electron chi connectivity index (χ2n) is 8.69. The van der Waals surface area contributed by atoms with Crippen LogP contribution in [0.5, 0.6) is 0 Å². The zero-order valence-electron chi connectivity index (χ0n) is 16.7. The average molecular weight is 397 g/mol. The number of amides is 2. The van der Waals surface area contributed by atoms with Gasteiger partial charge in [0.1, 0.15) is 0 Å². The van der Waals surface area contributed by atoms with Crippen molar-refractivity contribution < 1.29 is 14.3 Å². The van der Waals surface area contributed by atoms with Crippen molar-refractivity contribution in [3.8, 4) is 0 Å². The van der Waals surface area contributed by atoms with Gasteiger partial charge < -0.3 is 4.74 Å². The lowest BCUT2D eigenvalue weighted by atomic mass is 9.59. The van der Waals surface area contributed by atoms with Gasteiger partial charge in [-0.1, -0.05) is 86.0 Å². The van der Waals surface area contributed by atoms with E-state index in [4.69, 9.17) is 4.74 Å². The smallest absolute Gasteiger partial charge is 0.271 e. The number of piperidine rings is 1. The van der Waals surface area contributed by atoms with Crippen LogP contribution in [-0.2, 0) is 19.9 Å². The number of carbonyl (C=O) groups excluding carboxylic acids is 2. The van der Waals surface area contributed by atoms with Crippen molar-refractivity contribution >= 4 is 28.3 Å². The van der Waals surface area contributed by atoms with Gasteiger partial charge in [0.2, 0.25) is 0 Å². The van der Waals surface area contributed by atoms with E-state index in [1.165, 1.54) is 4.90 Å². The third kappa shape index (κ3) is 2.09. The summed E-state index contributed by atoms with van der Waals surface area (Å²) in [6.45, 7) is 0. The SMILES string of the molecule is O=C1N(c2cccc3ccccc23)C(=O)[C@@]2(c3ccccc3)O[C@@]13CCCCC[C@@H]32. The molecule has 3 atom stereocenters. The third-order valence-corrected chi connectivity index (χ3v) is 7.23. The van der Waals surface area contributed by atoms with Crippen LogP contribution in [0.25, 0.3) is 10.8 Å². The summed E-state index contributed by atoms with van der Waals surface area (Å²) in [6.07, 6.45) is 4.57. The molecular formula is C26H23NO3. The Labute approximate surface area is 175 Å². The Morgan fingerprint density at radius 1 is 0.800 bits per heavy atom. The Hall–Kier alpha value is -2.98. The molecule has 0 radical (unpaired) electrons. The van der Waals surface area contributed by atoms with Crippen LogP contribution < -0.4 is 4.90 Å². The molecule has 30 heavy (non-hydrogen) atoms. The highest BCUT2D eigenvalue weighted by Gasteiger charge is 2.78. The van der Waals surface area contributed by atoms with Crippen LogP contribution in [0.15, 0.2) is 72.8 Å². The first-order chi connectivity index (χ1) is 14.7. The van der Waals surface area contributed by atoms with Crippen LogP contribution in [-0.4, -0.2) is 17.4 Å². The number of hydrogen-bond acceptors (Lipinski definition) is 3. The predicted molar refractivity (Wildman–Crippen MR) is 115 cm³/mol. The van der Waals surface area contributed by atoms with Crippen LogP contribution in [0.2, 0.25) is 0 Å². The van der Waals surface area contributed by atoms with Crippen molar-refractivity contribution in [1.29, 1.82) is 0 Å². The van der Waals surface area contributed by atoms with Gasteiger partial charge in [-0.2, -0.15) is 0 Å². The highest BCUT2D eigenvalue weighted by Crippen LogP contribution is 2.63. The minimum Gasteiger partial charge on any atom is -0.343 e. The number of fused-ring (bicyclic) bond motifs is 3. The fourth-order valence-electron chi connectivity index (χ4n) is 5.91. The van der Waals surface area contributed by atoms with E-state index in [0.29, 0.717) is 12.1 Å². The van der Waals surface area contributed by atoms with Crippen molar-refractivity contribution in [2.45, 2.75) is 43.3 Å². The molecule has 3 aromatic carbocycles. The highest BCUT2D eigenvalue weighted by molar-refractivity contribution is 6.27. The summed E-state index contributed by atoms with van der Waals surface area (Å²) in [7, 11) is 0. The van der Waals surface area contributed by atoms with E-state index in [0.717, 1.165) is 42.0 Å². The molecule has 0 unspecified atom stereocenters. The fourth-order valence-corrected chi connectivity index (χ4v) is 5.91. The van der Waals surface area contributed by atoms with Gasteiger partial charge in [-0.05, 0) is 29.9 Å². The molecule has 3 aromatic rings. The van der Waals surface area contributed by atoms with Gasteiger partial charge >= 0.3 is 0 Å². The molecule has 1 aliphatic carbocycles. The second kappa shape index (κ2) is 6.26. The number of rotatable bonds is 2. The monoisotopic (exact) mass is 397 g/mol. The van der Waals surface area contributed by atoms with E-state index in [1.807, 2.05) is 72.8 Å². The van der Waals surface area contributed by atoms with E-state index in [9.17, 15) is 9.59 Å². The summed E-state index contributed by atoms with van der Waals surface area (Å²) in [6, 6.07) is 23.5. The van der Waals surface area contributed by atoms with Gasteiger partial charge in [0, 0.05) is 11.3 Å². The lowest BCUT2D eigenvalue weighted by molar-refractivity contribution is -0.311. The number of hydrogen-bond donors (Lipinski definition) is 0. The number of carbonyl (C=O) groups is 2. The molecule has 4 heteroatoms. The van der Waals surface area contributed by atoms with Crippen molar-refractivity contribution in [2.24, 2.45) is 5.92 Å². The number of anilines is 1. The minimum absolute atomic E-state index is 0.0962. The first-order valence-electron chi connectivity index (χ1n) is 10.8.